The van der Waals surface area contributed by atoms with E-state index in [1.165, 1.54) is 43.6 Å². The number of aromatic hydroxyl groups is 1. The van der Waals surface area contributed by atoms with E-state index in [-0.39, 0.29) is 5.75 Å². The fourth-order valence-corrected chi connectivity index (χ4v) is 2.63. The molecule has 0 heterocycles. The number of ether oxygens (including phenoxy) is 1. The number of carbonyl (C=O) groups is 1. The molecule has 2 aromatic carbocycles. The molecular weight excluding hydrogens is 370 g/mol. The molecule has 0 fully saturated rings. The summed E-state index contributed by atoms with van der Waals surface area (Å²) >= 11 is 0. The van der Waals surface area contributed by atoms with Crippen molar-refractivity contribution in [3.05, 3.63) is 53.6 Å². The third-order valence-electron chi connectivity index (χ3n) is 3.65. The number of phenols is 1. The van der Waals surface area contributed by atoms with Gasteiger partial charge in [-0.3, -0.25) is 9.10 Å². The van der Waals surface area contributed by atoms with Crippen molar-refractivity contribution in [3.63, 3.8) is 0 Å². The van der Waals surface area contributed by atoms with Crippen LogP contribution in [0.3, 0.4) is 0 Å². The van der Waals surface area contributed by atoms with E-state index in [0.717, 1.165) is 10.6 Å². The van der Waals surface area contributed by atoms with Crippen molar-refractivity contribution < 1.29 is 23.1 Å². The maximum atomic E-state index is 12.1. The molecule has 27 heavy (non-hydrogen) atoms. The average molecular weight is 391 g/mol. The highest BCUT2D eigenvalue weighted by atomic mass is 32.2. The second-order valence-corrected chi connectivity index (χ2v) is 7.65. The summed E-state index contributed by atoms with van der Waals surface area (Å²) in [5.74, 6) is -0.0841. The highest BCUT2D eigenvalue weighted by Crippen LogP contribution is 2.26. The van der Waals surface area contributed by atoms with Crippen LogP contribution in [-0.4, -0.2) is 45.6 Å². The molecule has 144 valence electrons. The minimum absolute atomic E-state index is 0.0252. The highest BCUT2D eigenvalue weighted by molar-refractivity contribution is 7.92. The van der Waals surface area contributed by atoms with E-state index < -0.39 is 15.9 Å². The van der Waals surface area contributed by atoms with Crippen molar-refractivity contribution in [1.29, 1.82) is 0 Å². The minimum atomic E-state index is -3.36. The average Bonchev–Trinajstić information content (AvgIpc) is 2.63. The lowest BCUT2D eigenvalue weighted by molar-refractivity contribution is 0.0955. The standard InChI is InChI=1S/C18H21N3O5S/c1-4-26-17-11-13(5-10-16(17)22)12-19-20-18(23)14-6-8-15(9-7-14)21(2)27(3,24)25/h5-12,22H,4H2,1-3H3,(H,20,23)/b19-12-. The largest absolute Gasteiger partial charge is 0.504 e. The van der Waals surface area contributed by atoms with Gasteiger partial charge in [-0.1, -0.05) is 0 Å². The first-order chi connectivity index (χ1) is 12.7. The Morgan fingerprint density at radius 1 is 1.26 bits per heavy atom. The lowest BCUT2D eigenvalue weighted by Gasteiger charge is -2.16. The molecule has 2 N–H and O–H groups in total. The summed E-state index contributed by atoms with van der Waals surface area (Å²) in [5, 5.41) is 13.5. The van der Waals surface area contributed by atoms with E-state index >= 15 is 0 Å². The van der Waals surface area contributed by atoms with Crippen molar-refractivity contribution in [2.75, 3.05) is 24.2 Å². The van der Waals surface area contributed by atoms with Crippen LogP contribution in [0.4, 0.5) is 5.69 Å². The predicted octanol–water partition coefficient (Wildman–Crippen LogP) is 1.95. The SMILES string of the molecule is CCOc1cc(/C=N\NC(=O)c2ccc(N(C)S(C)(=O)=O)cc2)ccc1O. The van der Waals surface area contributed by atoms with Crippen LogP contribution in [-0.2, 0) is 10.0 Å². The Balaban J connectivity index is 2.03. The Bertz CT molecular complexity index is 940. The lowest BCUT2D eigenvalue weighted by Crippen LogP contribution is -2.25. The molecule has 0 aromatic heterocycles. The first kappa shape index (κ1) is 20.2. The van der Waals surface area contributed by atoms with Crippen LogP contribution in [0.1, 0.15) is 22.8 Å². The monoisotopic (exact) mass is 391 g/mol. The number of rotatable bonds is 7. The number of hydrazone groups is 1. The third-order valence-corrected chi connectivity index (χ3v) is 4.86. The molecule has 0 saturated heterocycles. The first-order valence-electron chi connectivity index (χ1n) is 8.05. The van der Waals surface area contributed by atoms with E-state index in [0.29, 0.717) is 29.2 Å². The van der Waals surface area contributed by atoms with Gasteiger partial charge in [0.2, 0.25) is 10.0 Å². The minimum Gasteiger partial charge on any atom is -0.504 e. The Morgan fingerprint density at radius 3 is 2.52 bits per heavy atom. The number of phenolic OH excluding ortho intramolecular Hbond substituents is 1. The maximum Gasteiger partial charge on any atom is 0.271 e. The summed E-state index contributed by atoms with van der Waals surface area (Å²) in [6.45, 7) is 2.22. The molecule has 0 aliphatic heterocycles. The van der Waals surface area contributed by atoms with Crippen molar-refractivity contribution in [1.82, 2.24) is 5.43 Å². The molecule has 9 heteroatoms. The number of hydrogen-bond donors (Lipinski definition) is 2. The Hall–Kier alpha value is -3.07. The summed E-state index contributed by atoms with van der Waals surface area (Å²) in [5.41, 5.74) is 3.81. The van der Waals surface area contributed by atoms with Crippen LogP contribution in [0.2, 0.25) is 0 Å². The van der Waals surface area contributed by atoms with Crippen LogP contribution in [0, 0.1) is 0 Å². The smallest absolute Gasteiger partial charge is 0.271 e. The summed E-state index contributed by atoms with van der Waals surface area (Å²) < 4.78 is 29.4. The number of hydrogen-bond acceptors (Lipinski definition) is 6. The molecular formula is C18H21N3O5S. The summed E-state index contributed by atoms with van der Waals surface area (Å²) in [7, 11) is -1.93. The number of nitrogens with zero attached hydrogens (tertiary/aromatic N) is 2. The van der Waals surface area contributed by atoms with Crippen LogP contribution in [0.25, 0.3) is 0 Å². The van der Waals surface area contributed by atoms with Crippen LogP contribution in [0.15, 0.2) is 47.6 Å². The van der Waals surface area contributed by atoms with Crippen LogP contribution < -0.4 is 14.5 Å². The summed E-state index contributed by atoms with van der Waals surface area (Å²) in [4.78, 5) is 12.1. The summed E-state index contributed by atoms with van der Waals surface area (Å²) in [6.07, 6.45) is 2.52. The Morgan fingerprint density at radius 2 is 1.93 bits per heavy atom. The molecule has 0 aliphatic carbocycles. The first-order valence-corrected chi connectivity index (χ1v) is 9.90. The molecule has 0 aliphatic rings. The van der Waals surface area contributed by atoms with Gasteiger partial charge in [-0.15, -0.1) is 0 Å². The van der Waals surface area contributed by atoms with Gasteiger partial charge in [0.25, 0.3) is 5.91 Å². The zero-order chi connectivity index (χ0) is 20.0. The quantitative estimate of drug-likeness (QED) is 0.554. The predicted molar refractivity (Wildman–Crippen MR) is 104 cm³/mol. The lowest BCUT2D eigenvalue weighted by atomic mass is 10.2. The zero-order valence-corrected chi connectivity index (χ0v) is 16.0. The van der Waals surface area contributed by atoms with Gasteiger partial charge in [-0.05, 0) is 55.0 Å². The van der Waals surface area contributed by atoms with Gasteiger partial charge in [-0.25, -0.2) is 13.8 Å². The number of benzene rings is 2. The van der Waals surface area contributed by atoms with Crippen molar-refractivity contribution in [2.45, 2.75) is 6.92 Å². The Labute approximate surface area is 158 Å². The number of carbonyl (C=O) groups excluding carboxylic acids is 1. The van der Waals surface area contributed by atoms with Gasteiger partial charge >= 0.3 is 0 Å². The number of anilines is 1. The molecule has 0 unspecified atom stereocenters. The zero-order valence-electron chi connectivity index (χ0n) is 15.2. The van der Waals surface area contributed by atoms with Crippen molar-refractivity contribution in [3.8, 4) is 11.5 Å². The number of sulfonamides is 1. The van der Waals surface area contributed by atoms with Crippen LogP contribution in [0.5, 0.6) is 11.5 Å². The molecule has 8 nitrogen and oxygen atoms in total. The van der Waals surface area contributed by atoms with Gasteiger partial charge in [-0.2, -0.15) is 5.10 Å². The van der Waals surface area contributed by atoms with Gasteiger partial charge in [0, 0.05) is 12.6 Å². The molecule has 0 saturated carbocycles. The van der Waals surface area contributed by atoms with E-state index in [1.54, 1.807) is 19.1 Å². The molecule has 1 amide bonds. The normalized spacial score (nSPS) is 11.4. The molecule has 0 atom stereocenters. The van der Waals surface area contributed by atoms with Crippen molar-refractivity contribution >= 4 is 27.8 Å². The maximum absolute atomic E-state index is 12.1. The van der Waals surface area contributed by atoms with Gasteiger partial charge in [0.05, 0.1) is 24.8 Å². The second-order valence-electron chi connectivity index (χ2n) is 5.64. The van der Waals surface area contributed by atoms with Crippen LogP contribution >= 0.6 is 0 Å². The van der Waals surface area contributed by atoms with Crippen molar-refractivity contribution in [2.24, 2.45) is 5.10 Å². The Kier molecular flexibility index (Phi) is 6.40. The van der Waals surface area contributed by atoms with E-state index in [4.69, 9.17) is 4.74 Å². The molecule has 2 rings (SSSR count). The third kappa shape index (κ3) is 5.45. The second kappa shape index (κ2) is 8.54. The molecule has 0 spiro atoms. The fourth-order valence-electron chi connectivity index (χ4n) is 2.13. The van der Waals surface area contributed by atoms with E-state index in [9.17, 15) is 18.3 Å². The number of nitrogens with one attached hydrogen (secondary N) is 1. The van der Waals surface area contributed by atoms with Gasteiger partial charge < -0.3 is 9.84 Å². The topological polar surface area (TPSA) is 108 Å². The molecule has 0 bridgehead atoms. The van der Waals surface area contributed by atoms with E-state index in [1.807, 2.05) is 0 Å². The van der Waals surface area contributed by atoms with Gasteiger partial charge in [0.15, 0.2) is 11.5 Å². The number of amides is 1. The van der Waals surface area contributed by atoms with E-state index in [2.05, 4.69) is 10.5 Å². The van der Waals surface area contributed by atoms with Gasteiger partial charge in [0.1, 0.15) is 0 Å². The molecule has 2 aromatic rings. The molecule has 0 radical (unpaired) electrons. The summed E-state index contributed by atoms with van der Waals surface area (Å²) in [6, 6.07) is 10.8. The fraction of sp³-hybridized carbons (Fsp3) is 0.222. The highest BCUT2D eigenvalue weighted by Gasteiger charge is 2.12.